The highest BCUT2D eigenvalue weighted by Crippen LogP contribution is 2.41. The normalized spacial score (nSPS) is 23.0. The van der Waals surface area contributed by atoms with Gasteiger partial charge >= 0.3 is 18.2 Å². The Hall–Kier alpha value is -4.58. The van der Waals surface area contributed by atoms with Crippen LogP contribution in [0.25, 0.3) is 22.1 Å². The lowest BCUT2D eigenvalue weighted by Crippen LogP contribution is -2.60. The maximum atomic E-state index is 14.2. The molecule has 5 rings (SSSR count). The molecule has 0 aliphatic carbocycles. The Morgan fingerprint density at radius 2 is 1.67 bits per heavy atom. The minimum absolute atomic E-state index is 0.111. The Morgan fingerprint density at radius 1 is 0.980 bits per heavy atom. The van der Waals surface area contributed by atoms with Crippen LogP contribution in [0.4, 0.5) is 18.0 Å². The minimum atomic E-state index is -5.10. The highest BCUT2D eigenvalue weighted by Gasteiger charge is 2.46. The van der Waals surface area contributed by atoms with Crippen LogP contribution in [0, 0.1) is 0 Å². The topological polar surface area (TPSA) is 192 Å². The summed E-state index contributed by atoms with van der Waals surface area (Å²) in [6.07, 6.45) is -14.7. The maximum absolute atomic E-state index is 14.2. The van der Waals surface area contributed by atoms with Gasteiger partial charge in [0, 0.05) is 6.07 Å². The molecule has 2 aromatic carbocycles. The molecule has 17 heteroatoms. The van der Waals surface area contributed by atoms with E-state index in [2.05, 4.69) is 5.32 Å². The monoisotopic (exact) mass is 697 g/mol. The number of carbonyl (C=O) groups is 2. The van der Waals surface area contributed by atoms with Crippen molar-refractivity contribution in [1.29, 1.82) is 0 Å². The fraction of sp³-hybridized carbons (Fsp3) is 0.469. The molecule has 3 heterocycles. The van der Waals surface area contributed by atoms with Crippen molar-refractivity contribution in [1.82, 2.24) is 5.32 Å². The van der Waals surface area contributed by atoms with Gasteiger partial charge in [0.1, 0.15) is 67.2 Å². The van der Waals surface area contributed by atoms with Crippen molar-refractivity contribution < 1.29 is 70.9 Å². The van der Waals surface area contributed by atoms with E-state index in [-0.39, 0.29) is 35.7 Å². The van der Waals surface area contributed by atoms with Crippen molar-refractivity contribution in [3.8, 4) is 28.4 Å². The van der Waals surface area contributed by atoms with Gasteiger partial charge in [-0.3, -0.25) is 4.79 Å². The molecule has 0 radical (unpaired) electrons. The summed E-state index contributed by atoms with van der Waals surface area (Å²) in [5, 5.41) is 33.5. The van der Waals surface area contributed by atoms with E-state index >= 15 is 0 Å². The number of halogens is 3. The lowest BCUT2D eigenvalue weighted by Gasteiger charge is -2.40. The van der Waals surface area contributed by atoms with E-state index in [4.69, 9.17) is 32.8 Å². The van der Waals surface area contributed by atoms with Gasteiger partial charge in [-0.25, -0.2) is 9.59 Å². The van der Waals surface area contributed by atoms with Crippen LogP contribution in [0.1, 0.15) is 33.5 Å². The van der Waals surface area contributed by atoms with Crippen LogP contribution in [0.5, 0.6) is 17.2 Å². The summed E-state index contributed by atoms with van der Waals surface area (Å²) >= 11 is 0. The van der Waals surface area contributed by atoms with E-state index in [1.54, 1.807) is 20.8 Å². The summed E-state index contributed by atoms with van der Waals surface area (Å²) in [6.45, 7) is 5.97. The summed E-state index contributed by atoms with van der Waals surface area (Å²) in [5.41, 5.74) is -3.20. The first-order chi connectivity index (χ1) is 22.9. The number of alkyl carbamates (subject to hydrolysis) is 1. The maximum Gasteiger partial charge on any atom is 0.450 e. The largest absolute Gasteiger partial charge is 0.486 e. The molecule has 1 saturated heterocycles. The molecule has 1 aromatic heterocycles. The summed E-state index contributed by atoms with van der Waals surface area (Å²) in [7, 11) is 0. The molecular formula is C32H34F3NO13. The number of nitrogens with one attached hydrogen (secondary N) is 1. The molecule has 4 N–H and O–H groups in total. The zero-order chi connectivity index (χ0) is 35.8. The molecule has 1 amide bonds. The van der Waals surface area contributed by atoms with Gasteiger partial charge in [0.15, 0.2) is 11.5 Å². The molecular weight excluding hydrogens is 663 g/mol. The number of fused-ring (bicyclic) bond motifs is 2. The quantitative estimate of drug-likeness (QED) is 0.264. The number of hydrogen-bond acceptors (Lipinski definition) is 13. The average Bonchev–Trinajstić information content (AvgIpc) is 3.02. The van der Waals surface area contributed by atoms with Crippen molar-refractivity contribution in [2.45, 2.75) is 76.2 Å². The third-order valence-corrected chi connectivity index (χ3v) is 7.35. The molecule has 0 bridgehead atoms. The van der Waals surface area contributed by atoms with Crippen molar-refractivity contribution >= 4 is 23.0 Å². The Morgan fingerprint density at radius 3 is 2.35 bits per heavy atom. The van der Waals surface area contributed by atoms with Gasteiger partial charge in [0.25, 0.3) is 0 Å². The number of esters is 1. The van der Waals surface area contributed by atoms with Crippen molar-refractivity contribution in [3.63, 3.8) is 0 Å². The molecule has 6 atom stereocenters. The summed E-state index contributed by atoms with van der Waals surface area (Å²) < 4.78 is 80.2. The number of benzene rings is 2. The number of carbonyl (C=O) groups excluding carboxylic acids is 2. The highest BCUT2D eigenvalue weighted by molar-refractivity contribution is 5.84. The van der Waals surface area contributed by atoms with Crippen LogP contribution in [0.15, 0.2) is 45.6 Å². The van der Waals surface area contributed by atoms with Gasteiger partial charge in [-0.2, -0.15) is 13.2 Å². The molecule has 0 spiro atoms. The van der Waals surface area contributed by atoms with E-state index in [1.165, 1.54) is 31.2 Å². The molecule has 0 saturated carbocycles. The van der Waals surface area contributed by atoms with Gasteiger partial charge in [-0.1, -0.05) is 6.07 Å². The smallest absolute Gasteiger partial charge is 0.450 e. The summed E-state index contributed by atoms with van der Waals surface area (Å²) in [6, 6.07) is 6.07. The van der Waals surface area contributed by atoms with Crippen molar-refractivity contribution in [3.05, 3.63) is 52.4 Å². The number of aliphatic hydroxyl groups excluding tert-OH is 3. The van der Waals surface area contributed by atoms with E-state index in [9.17, 15) is 42.9 Å². The predicted molar refractivity (Wildman–Crippen MR) is 161 cm³/mol. The summed E-state index contributed by atoms with van der Waals surface area (Å²) in [5.74, 6) is -2.29. The standard InChI is InChI=1S/C32H34F3NO13/c1-14(36-30(42)49-31(2,3)4)28(41)45-13-21-24(38)25(39)26(40)29(48-21)46-16-6-7-17-19(12-16)47-27(32(33,34)35)22(23(17)37)15-5-8-18-20(11-15)44-10-9-43-18/h5-8,11-12,14,21,24-26,29,38-40H,9-10,13H2,1-4H3,(H,36,42)/t14-,21-,24-,25+,26+,29-/m1/s1. The van der Waals surface area contributed by atoms with Crippen LogP contribution in [0.2, 0.25) is 0 Å². The van der Waals surface area contributed by atoms with Gasteiger partial charge in [-0.15, -0.1) is 0 Å². The molecule has 2 aliphatic rings. The van der Waals surface area contributed by atoms with Crippen molar-refractivity contribution in [2.24, 2.45) is 0 Å². The Bertz CT molecular complexity index is 1770. The van der Waals surface area contributed by atoms with E-state index < -0.39 is 89.5 Å². The van der Waals surface area contributed by atoms with Crippen LogP contribution >= 0.6 is 0 Å². The molecule has 2 aliphatic heterocycles. The third kappa shape index (κ3) is 8.01. The molecule has 0 unspecified atom stereocenters. The third-order valence-electron chi connectivity index (χ3n) is 7.35. The van der Waals surface area contributed by atoms with Gasteiger partial charge in [0.2, 0.25) is 17.5 Å². The lowest BCUT2D eigenvalue weighted by atomic mass is 9.99. The predicted octanol–water partition coefficient (Wildman–Crippen LogP) is 2.89. The zero-order valence-electron chi connectivity index (χ0n) is 26.6. The lowest BCUT2D eigenvalue weighted by molar-refractivity contribution is -0.278. The fourth-order valence-corrected chi connectivity index (χ4v) is 5.03. The van der Waals surface area contributed by atoms with E-state index in [0.29, 0.717) is 5.75 Å². The second kappa shape index (κ2) is 13.7. The van der Waals surface area contributed by atoms with Crippen LogP contribution in [0.3, 0.4) is 0 Å². The second-order valence-corrected chi connectivity index (χ2v) is 12.3. The first-order valence-electron chi connectivity index (χ1n) is 15.0. The first-order valence-corrected chi connectivity index (χ1v) is 15.0. The number of aliphatic hydroxyl groups is 3. The summed E-state index contributed by atoms with van der Waals surface area (Å²) in [4.78, 5) is 37.9. The molecule has 3 aromatic rings. The zero-order valence-corrected chi connectivity index (χ0v) is 26.6. The Balaban J connectivity index is 1.35. The Labute approximate surface area is 276 Å². The number of alkyl halides is 3. The van der Waals surface area contributed by atoms with Crippen LogP contribution in [-0.2, 0) is 25.2 Å². The molecule has 49 heavy (non-hydrogen) atoms. The fourth-order valence-electron chi connectivity index (χ4n) is 5.03. The SMILES string of the molecule is C[C@@H](NC(=O)OC(C)(C)C)C(=O)OC[C@H]1O[C@@H](Oc2ccc3c(=O)c(-c4ccc5c(c4)OCCO5)c(C(F)(F)F)oc3c2)[C@@H](O)[C@@H](O)[C@@H]1O. The van der Waals surface area contributed by atoms with Crippen LogP contribution < -0.4 is 25.0 Å². The minimum Gasteiger partial charge on any atom is -0.486 e. The number of ether oxygens (including phenoxy) is 6. The van der Waals surface area contributed by atoms with E-state index in [0.717, 1.165) is 12.1 Å². The van der Waals surface area contributed by atoms with Gasteiger partial charge < -0.3 is 53.5 Å². The second-order valence-electron chi connectivity index (χ2n) is 12.3. The number of hydrogen-bond donors (Lipinski definition) is 4. The van der Waals surface area contributed by atoms with Crippen LogP contribution in [-0.4, -0.2) is 89.6 Å². The average molecular weight is 698 g/mol. The number of rotatable bonds is 7. The van der Waals surface area contributed by atoms with E-state index in [1.807, 2.05) is 0 Å². The number of amides is 1. The highest BCUT2D eigenvalue weighted by atomic mass is 19.4. The first kappa shape index (κ1) is 35.7. The van der Waals surface area contributed by atoms with Gasteiger partial charge in [0.05, 0.1) is 10.9 Å². The molecule has 266 valence electrons. The molecule has 14 nitrogen and oxygen atoms in total. The van der Waals surface area contributed by atoms with Gasteiger partial charge in [-0.05, 0) is 57.5 Å². The van der Waals surface area contributed by atoms with Crippen molar-refractivity contribution in [2.75, 3.05) is 19.8 Å². The molecule has 1 fully saturated rings. The Kier molecular flexibility index (Phi) is 10.0.